The van der Waals surface area contributed by atoms with Gasteiger partial charge in [0.1, 0.15) is 24.4 Å². The Hall–Kier alpha value is -1.81. The van der Waals surface area contributed by atoms with Gasteiger partial charge in [-0.1, -0.05) is 57.1 Å². The van der Waals surface area contributed by atoms with E-state index in [2.05, 4.69) is 27.9 Å². The van der Waals surface area contributed by atoms with Gasteiger partial charge in [0.05, 0.1) is 25.5 Å². The van der Waals surface area contributed by atoms with Gasteiger partial charge in [-0.25, -0.2) is 4.68 Å². The summed E-state index contributed by atoms with van der Waals surface area (Å²) in [7, 11) is 0. The van der Waals surface area contributed by atoms with Crippen LogP contribution < -0.4 is 10.6 Å². The molecule has 38 heavy (non-hydrogen) atoms. The van der Waals surface area contributed by atoms with Crippen molar-refractivity contribution in [3.05, 3.63) is 6.20 Å². The topological polar surface area (TPSA) is 199 Å². The number of ether oxygens (including phenoxy) is 1. The van der Waals surface area contributed by atoms with Crippen LogP contribution in [0.1, 0.15) is 70.9 Å². The lowest BCUT2D eigenvalue weighted by atomic mass is 10.1. The number of aliphatic hydroxyl groups excluding tert-OH is 5. The van der Waals surface area contributed by atoms with E-state index in [-0.39, 0.29) is 23.2 Å². The van der Waals surface area contributed by atoms with Crippen molar-refractivity contribution < 1.29 is 39.9 Å². The maximum Gasteiger partial charge on any atom is 0.249 e. The number of aliphatic hydroxyl groups is 5. The van der Waals surface area contributed by atoms with Gasteiger partial charge in [-0.3, -0.25) is 9.59 Å². The van der Waals surface area contributed by atoms with Gasteiger partial charge in [0, 0.05) is 17.9 Å². The first-order valence-corrected chi connectivity index (χ1v) is 14.5. The molecule has 1 aliphatic heterocycles. The van der Waals surface area contributed by atoms with Crippen LogP contribution in [0.4, 0.5) is 5.82 Å². The number of rotatable bonds is 19. The fraction of sp³-hybridized carbons (Fsp3) is 0.833. The van der Waals surface area contributed by atoms with Crippen molar-refractivity contribution in [1.29, 1.82) is 0 Å². The molecule has 0 aromatic carbocycles. The SMILES string of the molecule is CCCCCCCCCCC(=O)N[C@H](CSC[C@H](O)CO)C(=O)Nc1cn([C@H]2OC(CO)[C@@H](O)[C@@H]2O)nn1. The summed E-state index contributed by atoms with van der Waals surface area (Å²) in [5.74, 6) is -0.413. The summed E-state index contributed by atoms with van der Waals surface area (Å²) >= 11 is 1.21. The number of hydrogen-bond acceptors (Lipinski definition) is 11. The molecule has 0 spiro atoms. The molecule has 1 fully saturated rings. The van der Waals surface area contributed by atoms with Crippen LogP contribution in [0.25, 0.3) is 0 Å². The summed E-state index contributed by atoms with van der Waals surface area (Å²) in [6.07, 6.45) is 4.72. The van der Waals surface area contributed by atoms with E-state index in [0.29, 0.717) is 6.42 Å². The van der Waals surface area contributed by atoms with Crippen LogP contribution in [0.15, 0.2) is 6.20 Å². The van der Waals surface area contributed by atoms with E-state index in [1.807, 2.05) is 0 Å². The molecule has 0 aliphatic carbocycles. The Morgan fingerprint density at radius 1 is 1.08 bits per heavy atom. The molecule has 13 nitrogen and oxygen atoms in total. The first kappa shape index (κ1) is 32.4. The quantitative estimate of drug-likeness (QED) is 0.112. The van der Waals surface area contributed by atoms with Crippen molar-refractivity contribution >= 4 is 29.4 Å². The van der Waals surface area contributed by atoms with Crippen LogP contribution in [0.5, 0.6) is 0 Å². The fourth-order valence-electron chi connectivity index (χ4n) is 4.01. The Bertz CT molecular complexity index is 831. The predicted octanol–water partition coefficient (Wildman–Crippen LogP) is -0.0699. The number of anilines is 1. The highest BCUT2D eigenvalue weighted by molar-refractivity contribution is 7.99. The molecule has 0 bridgehead atoms. The number of hydrogen-bond donors (Lipinski definition) is 7. The molecule has 1 aromatic rings. The van der Waals surface area contributed by atoms with Crippen LogP contribution >= 0.6 is 11.8 Å². The third kappa shape index (κ3) is 10.8. The summed E-state index contributed by atoms with van der Waals surface area (Å²) in [6.45, 7) is 1.29. The minimum absolute atomic E-state index is 0.0375. The third-order valence-electron chi connectivity index (χ3n) is 6.25. The standard InChI is InChI=1S/C24H43N5O8S/c1-2-3-4-5-6-7-8-9-10-20(33)25-17(15-38-14-16(32)12-30)23(36)26-19-11-29(28-27-19)24-22(35)21(34)18(13-31)37-24/h11,16-18,21-22,24,30-32,34-35H,2-10,12-15H2,1H3,(H,25,33)(H,26,36)/t16-,17-,18?,21-,22+,24+/m1/s1. The van der Waals surface area contributed by atoms with E-state index in [9.17, 15) is 30.0 Å². The van der Waals surface area contributed by atoms with Gasteiger partial charge < -0.3 is 40.9 Å². The van der Waals surface area contributed by atoms with Gasteiger partial charge in [-0.15, -0.1) is 5.10 Å². The molecule has 0 saturated carbocycles. The molecule has 6 atom stereocenters. The summed E-state index contributed by atoms with van der Waals surface area (Å²) in [4.78, 5) is 25.5. The summed E-state index contributed by atoms with van der Waals surface area (Å²) in [5, 5.41) is 60.9. The molecule has 1 aliphatic rings. The van der Waals surface area contributed by atoms with Crippen molar-refractivity contribution in [2.24, 2.45) is 0 Å². The number of amides is 2. The zero-order valence-corrected chi connectivity index (χ0v) is 22.8. The number of thioether (sulfide) groups is 1. The molecule has 1 aromatic heterocycles. The number of unbranched alkanes of at least 4 members (excludes halogenated alkanes) is 7. The molecule has 14 heteroatoms. The first-order chi connectivity index (χ1) is 18.3. The van der Waals surface area contributed by atoms with Crippen molar-refractivity contribution in [3.8, 4) is 0 Å². The zero-order valence-electron chi connectivity index (χ0n) is 21.9. The highest BCUT2D eigenvalue weighted by atomic mass is 32.2. The maximum atomic E-state index is 13.0. The van der Waals surface area contributed by atoms with Gasteiger partial charge in [0.25, 0.3) is 0 Å². The van der Waals surface area contributed by atoms with Gasteiger partial charge in [0.15, 0.2) is 12.0 Å². The summed E-state index contributed by atoms with van der Waals surface area (Å²) < 4.78 is 6.52. The lowest BCUT2D eigenvalue weighted by Gasteiger charge is -2.18. The van der Waals surface area contributed by atoms with Gasteiger partial charge >= 0.3 is 0 Å². The van der Waals surface area contributed by atoms with E-state index >= 15 is 0 Å². The average Bonchev–Trinajstić information content (AvgIpc) is 3.48. The number of carbonyl (C=O) groups excluding carboxylic acids is 2. The van der Waals surface area contributed by atoms with Crippen LogP contribution in [0.2, 0.25) is 0 Å². The molecule has 218 valence electrons. The molecule has 1 unspecified atom stereocenters. The minimum atomic E-state index is -1.35. The van der Waals surface area contributed by atoms with E-state index < -0.39 is 55.8 Å². The fourth-order valence-corrected chi connectivity index (χ4v) is 5.00. The van der Waals surface area contributed by atoms with Gasteiger partial charge in [-0.2, -0.15) is 11.8 Å². The van der Waals surface area contributed by atoms with Crippen LogP contribution in [0, 0.1) is 0 Å². The van der Waals surface area contributed by atoms with E-state index in [1.54, 1.807) is 0 Å². The van der Waals surface area contributed by atoms with Gasteiger partial charge in [-0.05, 0) is 6.42 Å². The van der Waals surface area contributed by atoms with Crippen LogP contribution in [0.3, 0.4) is 0 Å². The monoisotopic (exact) mass is 561 g/mol. The Balaban J connectivity index is 1.88. The van der Waals surface area contributed by atoms with E-state index in [0.717, 1.165) is 30.4 Å². The Morgan fingerprint density at radius 3 is 2.39 bits per heavy atom. The molecule has 2 heterocycles. The second-order valence-electron chi connectivity index (χ2n) is 9.52. The Labute approximate surface area is 227 Å². The third-order valence-corrected chi connectivity index (χ3v) is 7.44. The second-order valence-corrected chi connectivity index (χ2v) is 10.6. The highest BCUT2D eigenvalue weighted by Gasteiger charge is 2.44. The molecular weight excluding hydrogens is 518 g/mol. The van der Waals surface area contributed by atoms with E-state index in [1.165, 1.54) is 43.6 Å². The van der Waals surface area contributed by atoms with Crippen molar-refractivity contribution in [2.75, 3.05) is 30.0 Å². The lowest BCUT2D eigenvalue weighted by molar-refractivity contribution is -0.126. The molecular formula is C24H43N5O8S. The van der Waals surface area contributed by atoms with Crippen LogP contribution in [-0.2, 0) is 14.3 Å². The summed E-state index contributed by atoms with van der Waals surface area (Å²) in [6, 6.07) is -0.925. The van der Waals surface area contributed by atoms with Crippen LogP contribution in [-0.4, -0.2) is 108 Å². The van der Waals surface area contributed by atoms with Crippen molar-refractivity contribution in [1.82, 2.24) is 20.3 Å². The molecule has 2 amide bonds. The molecule has 2 rings (SSSR count). The zero-order chi connectivity index (χ0) is 27.9. The normalized spacial score (nSPS) is 22.8. The largest absolute Gasteiger partial charge is 0.394 e. The number of carbonyl (C=O) groups is 2. The molecule has 0 radical (unpaired) electrons. The molecule has 7 N–H and O–H groups in total. The Morgan fingerprint density at radius 2 is 1.76 bits per heavy atom. The maximum absolute atomic E-state index is 13.0. The Kier molecular flexibility index (Phi) is 15.1. The number of aromatic nitrogens is 3. The van der Waals surface area contributed by atoms with Crippen molar-refractivity contribution in [2.45, 2.75) is 101 Å². The van der Waals surface area contributed by atoms with Gasteiger partial charge in [0.2, 0.25) is 11.8 Å². The second kappa shape index (κ2) is 17.7. The molecule has 1 saturated heterocycles. The van der Waals surface area contributed by atoms with E-state index in [4.69, 9.17) is 9.84 Å². The average molecular weight is 562 g/mol. The minimum Gasteiger partial charge on any atom is -0.394 e. The highest BCUT2D eigenvalue weighted by Crippen LogP contribution is 2.29. The number of nitrogens with zero attached hydrogens (tertiary/aromatic N) is 3. The smallest absolute Gasteiger partial charge is 0.249 e. The van der Waals surface area contributed by atoms with Crippen molar-refractivity contribution in [3.63, 3.8) is 0 Å². The predicted molar refractivity (Wildman–Crippen MR) is 141 cm³/mol. The first-order valence-electron chi connectivity index (χ1n) is 13.3. The number of nitrogens with one attached hydrogen (secondary N) is 2. The summed E-state index contributed by atoms with van der Waals surface area (Å²) in [5.41, 5.74) is 0. The lowest BCUT2D eigenvalue weighted by Crippen LogP contribution is -2.45.